The summed E-state index contributed by atoms with van der Waals surface area (Å²) in [5, 5.41) is 9.85. The highest BCUT2D eigenvalue weighted by Crippen LogP contribution is 2.45. The number of halogens is 3. The molecular weight excluding hydrogens is 587 g/mol. The molecule has 1 aliphatic carbocycles. The Bertz CT molecular complexity index is 1600. The summed E-state index contributed by atoms with van der Waals surface area (Å²) in [6.45, 7) is 9.94. The number of aryl methyl sites for hydroxylation is 1. The number of ketones is 1. The molecule has 0 spiro atoms. The number of carbonyl (C=O) groups excluding carboxylic acids is 1. The largest absolute Gasteiger partial charge is 0.490 e. The molecule has 0 amide bonds. The Kier molecular flexibility index (Phi) is 11.5. The molecule has 0 atom stereocenters. The molecule has 15 heteroatoms. The second-order valence-corrected chi connectivity index (χ2v) is 9.37. The van der Waals surface area contributed by atoms with Gasteiger partial charge in [-0.3, -0.25) is 4.79 Å². The fourth-order valence-corrected chi connectivity index (χ4v) is 4.18. The van der Waals surface area contributed by atoms with Crippen molar-refractivity contribution in [2.75, 3.05) is 6.61 Å². The number of aromatic nitrogens is 6. The number of aliphatic hydroxyl groups is 1. The fraction of sp³-hybridized carbons (Fsp3) is 0.400. The van der Waals surface area contributed by atoms with Crippen LogP contribution in [0.2, 0.25) is 0 Å². The van der Waals surface area contributed by atoms with Crippen LogP contribution in [0.3, 0.4) is 0 Å². The third-order valence-corrected chi connectivity index (χ3v) is 6.13. The molecule has 1 saturated carbocycles. The van der Waals surface area contributed by atoms with Crippen LogP contribution in [0, 0.1) is 0 Å². The molecule has 0 aliphatic heterocycles. The molecule has 3 heterocycles. The predicted molar refractivity (Wildman–Crippen MR) is 163 cm³/mol. The topological polar surface area (TPSA) is 125 Å². The van der Waals surface area contributed by atoms with Crippen LogP contribution >= 0.6 is 0 Å². The van der Waals surface area contributed by atoms with E-state index >= 15 is 0 Å². The van der Waals surface area contributed by atoms with Crippen LogP contribution in [0.15, 0.2) is 43.0 Å². The van der Waals surface area contributed by atoms with Crippen LogP contribution in [0.1, 0.15) is 80.8 Å². The number of carbonyl (C=O) groups is 1. The second-order valence-electron chi connectivity index (χ2n) is 9.37. The number of ether oxygens (including phenoxy) is 2. The number of rotatable bonds is 9. The number of hydrogen-bond donors (Lipinski definition) is 1. The molecule has 0 bridgehead atoms. The van der Waals surface area contributed by atoms with E-state index in [0.717, 1.165) is 19.0 Å². The van der Waals surface area contributed by atoms with E-state index in [0.29, 0.717) is 11.3 Å². The van der Waals surface area contributed by atoms with Crippen LogP contribution in [0.4, 0.5) is 13.2 Å². The molecular formula is C30H33B2F3N6O4. The maximum Gasteiger partial charge on any atom is 0.434 e. The van der Waals surface area contributed by atoms with Gasteiger partial charge in [0.05, 0.1) is 18.5 Å². The summed E-state index contributed by atoms with van der Waals surface area (Å²) in [6, 6.07) is 5.89. The van der Waals surface area contributed by atoms with Gasteiger partial charge in [0, 0.05) is 30.3 Å². The highest BCUT2D eigenvalue weighted by molar-refractivity contribution is 6.37. The number of alkyl halides is 3. The van der Waals surface area contributed by atoms with Gasteiger partial charge in [-0.25, -0.2) is 24.9 Å². The van der Waals surface area contributed by atoms with Crippen LogP contribution in [-0.2, 0) is 13.2 Å². The highest BCUT2D eigenvalue weighted by Gasteiger charge is 2.35. The standard InChI is InChI=1S/C26H21B2F3N6O4.2C2H6/c1-3-40-16-10-32-22(18-19(13-4-5-13)33-12-34-24(18)41-26(27,28)39)36-20(16)21(38)14-6-8-15(9-7-14)23-35-17(11-37(23)2)25(29,30)31;2*1-2/h6-13,39H,3-5H2,1-2H3;2*1-2H3. The van der Waals surface area contributed by atoms with Gasteiger partial charge in [-0.05, 0) is 19.8 Å². The third kappa shape index (κ3) is 8.47. The van der Waals surface area contributed by atoms with E-state index < -0.39 is 23.2 Å². The van der Waals surface area contributed by atoms with Gasteiger partial charge in [0.15, 0.2) is 38.7 Å². The van der Waals surface area contributed by atoms with Crippen LogP contribution < -0.4 is 9.47 Å². The minimum absolute atomic E-state index is 0.0165. The average Bonchev–Trinajstić information content (AvgIpc) is 3.78. The Balaban J connectivity index is 0.00000133. The van der Waals surface area contributed by atoms with Gasteiger partial charge in [0.2, 0.25) is 11.7 Å². The van der Waals surface area contributed by atoms with E-state index in [1.165, 1.54) is 48.4 Å². The molecule has 1 fully saturated rings. The zero-order chi connectivity index (χ0) is 33.5. The van der Waals surface area contributed by atoms with Crippen molar-refractivity contribution in [3.63, 3.8) is 0 Å². The Hall–Kier alpha value is -4.26. The second kappa shape index (κ2) is 14.7. The first-order chi connectivity index (χ1) is 21.4. The van der Waals surface area contributed by atoms with Gasteiger partial charge in [-0.1, -0.05) is 52.0 Å². The summed E-state index contributed by atoms with van der Waals surface area (Å²) in [5.74, 6) is -0.450. The molecule has 0 saturated heterocycles. The third-order valence-electron chi connectivity index (χ3n) is 6.13. The first kappa shape index (κ1) is 35.2. The number of hydrogen-bond acceptors (Lipinski definition) is 9. The van der Waals surface area contributed by atoms with Crippen molar-refractivity contribution in [3.05, 3.63) is 65.6 Å². The fourth-order valence-electron chi connectivity index (χ4n) is 4.18. The van der Waals surface area contributed by atoms with E-state index in [1.807, 2.05) is 27.7 Å². The van der Waals surface area contributed by atoms with E-state index in [-0.39, 0.29) is 52.6 Å². The molecule has 10 nitrogen and oxygen atoms in total. The summed E-state index contributed by atoms with van der Waals surface area (Å²) in [7, 11) is 12.3. The van der Waals surface area contributed by atoms with E-state index in [2.05, 4.69) is 24.9 Å². The monoisotopic (exact) mass is 620 g/mol. The van der Waals surface area contributed by atoms with Crippen LogP contribution in [0.5, 0.6) is 11.6 Å². The van der Waals surface area contributed by atoms with Crippen molar-refractivity contribution >= 4 is 21.5 Å². The zero-order valence-corrected chi connectivity index (χ0v) is 25.9. The molecule has 1 aromatic carbocycles. The van der Waals surface area contributed by atoms with Gasteiger partial charge in [0.1, 0.15) is 23.3 Å². The molecule has 1 N–H and O–H groups in total. The highest BCUT2D eigenvalue weighted by atomic mass is 19.4. The SMILES string of the molecule is CC.CC.[B]C([B])(O)Oc1ncnc(C2CC2)c1-c1ncc(OCC)c(C(=O)c2ccc(-c3nc(C(F)(F)F)cn3C)cc2)n1. The molecule has 3 aromatic heterocycles. The first-order valence-electron chi connectivity index (χ1n) is 14.5. The Morgan fingerprint density at radius 1 is 1.04 bits per heavy atom. The lowest BCUT2D eigenvalue weighted by atomic mass is 9.76. The van der Waals surface area contributed by atoms with Gasteiger partial charge < -0.3 is 19.1 Å². The summed E-state index contributed by atoms with van der Waals surface area (Å²) in [5.41, 5.74) is -2.34. The summed E-state index contributed by atoms with van der Waals surface area (Å²) in [6.07, 6.45) is 0.545. The minimum Gasteiger partial charge on any atom is -0.490 e. The van der Waals surface area contributed by atoms with E-state index in [4.69, 9.17) is 25.2 Å². The number of benzene rings is 1. The minimum atomic E-state index is -4.59. The normalized spacial score (nSPS) is 12.8. The molecule has 0 unspecified atom stereocenters. The zero-order valence-electron chi connectivity index (χ0n) is 25.9. The van der Waals surface area contributed by atoms with Crippen LogP contribution in [-0.4, -0.2) is 68.3 Å². The van der Waals surface area contributed by atoms with Crippen molar-refractivity contribution in [1.82, 2.24) is 29.5 Å². The van der Waals surface area contributed by atoms with Gasteiger partial charge in [-0.15, -0.1) is 0 Å². The molecule has 1 aliphatic rings. The Morgan fingerprint density at radius 2 is 1.69 bits per heavy atom. The number of nitrogens with zero attached hydrogens (tertiary/aromatic N) is 6. The predicted octanol–water partition coefficient (Wildman–Crippen LogP) is 5.23. The van der Waals surface area contributed by atoms with Crippen molar-refractivity contribution in [3.8, 4) is 34.4 Å². The van der Waals surface area contributed by atoms with Crippen molar-refractivity contribution in [1.29, 1.82) is 0 Å². The van der Waals surface area contributed by atoms with Gasteiger partial charge >= 0.3 is 6.18 Å². The maximum atomic E-state index is 13.6. The molecule has 4 radical (unpaired) electrons. The first-order valence-corrected chi connectivity index (χ1v) is 14.5. The molecule has 5 rings (SSSR count). The average molecular weight is 620 g/mol. The van der Waals surface area contributed by atoms with Crippen LogP contribution in [0.25, 0.3) is 22.8 Å². The van der Waals surface area contributed by atoms with Gasteiger partial charge in [-0.2, -0.15) is 13.2 Å². The van der Waals surface area contributed by atoms with E-state index in [9.17, 15) is 23.1 Å². The van der Waals surface area contributed by atoms with Crippen molar-refractivity contribution in [2.45, 2.75) is 65.1 Å². The lowest BCUT2D eigenvalue weighted by Gasteiger charge is -2.22. The van der Waals surface area contributed by atoms with Crippen molar-refractivity contribution in [2.24, 2.45) is 7.05 Å². The van der Waals surface area contributed by atoms with Crippen molar-refractivity contribution < 1.29 is 32.5 Å². The lowest BCUT2D eigenvalue weighted by molar-refractivity contribution is -0.140. The van der Waals surface area contributed by atoms with Gasteiger partial charge in [0.25, 0.3) is 0 Å². The van der Waals surface area contributed by atoms with E-state index in [1.54, 1.807) is 6.92 Å². The Morgan fingerprint density at radius 3 is 2.22 bits per heavy atom. The summed E-state index contributed by atoms with van der Waals surface area (Å²) in [4.78, 5) is 34.5. The number of imidazole rings is 1. The molecule has 45 heavy (non-hydrogen) atoms. The summed E-state index contributed by atoms with van der Waals surface area (Å²) >= 11 is 0. The lowest BCUT2D eigenvalue weighted by Crippen LogP contribution is -2.37. The molecule has 234 valence electrons. The summed E-state index contributed by atoms with van der Waals surface area (Å²) < 4.78 is 51.4. The molecule has 4 aromatic rings. The quantitative estimate of drug-likeness (QED) is 0.152. The Labute approximate surface area is 262 Å². The maximum absolute atomic E-state index is 13.6. The smallest absolute Gasteiger partial charge is 0.434 e.